The third-order valence-electron chi connectivity index (χ3n) is 15.0. The van der Waals surface area contributed by atoms with Crippen molar-refractivity contribution in [3.05, 3.63) is 194 Å². The summed E-state index contributed by atoms with van der Waals surface area (Å²) >= 11 is 0. The Labute approximate surface area is 371 Å². The lowest BCUT2D eigenvalue weighted by atomic mass is 9.59. The highest BCUT2D eigenvalue weighted by atomic mass is 16.3. The molecule has 3 aliphatic rings. The molecule has 0 saturated heterocycles. The lowest BCUT2D eigenvalue weighted by Gasteiger charge is -2.43. The van der Waals surface area contributed by atoms with Gasteiger partial charge in [0.15, 0.2) is 5.58 Å². The van der Waals surface area contributed by atoms with E-state index < -0.39 is 0 Å². The fourth-order valence-corrected chi connectivity index (χ4v) is 12.4. The summed E-state index contributed by atoms with van der Waals surface area (Å²) in [5, 5.41) is 28.9. The SMILES string of the molecule is Cc1cccc(C)c1-c1cc(-c2c(C)cccc2C)c2c(c1)oc1c(C#N)cc3c(c4cc(C(C)(C)C)cc5c6c7c(c(C#N)cc6n3c54)C3c4ccccc4C7c4ccccc43)c12. The second kappa shape index (κ2) is 12.5. The average molecular weight is 822 g/mol. The molecule has 4 heteroatoms. The van der Waals surface area contributed by atoms with Crippen LogP contribution in [0.3, 0.4) is 0 Å². The monoisotopic (exact) mass is 821 g/mol. The Balaban J connectivity index is 1.26. The van der Waals surface area contributed by atoms with E-state index in [0.717, 1.165) is 60.4 Å². The van der Waals surface area contributed by atoms with Gasteiger partial charge in [0.1, 0.15) is 11.7 Å². The van der Waals surface area contributed by atoms with Crippen molar-refractivity contribution in [1.82, 2.24) is 4.40 Å². The van der Waals surface area contributed by atoms with Crippen LogP contribution >= 0.6 is 0 Å². The molecule has 8 aromatic carbocycles. The van der Waals surface area contributed by atoms with Crippen molar-refractivity contribution in [3.8, 4) is 34.4 Å². The van der Waals surface area contributed by atoms with Crippen LogP contribution in [-0.2, 0) is 5.41 Å². The molecule has 2 bridgehead atoms. The van der Waals surface area contributed by atoms with Crippen LogP contribution in [-0.4, -0.2) is 4.40 Å². The molecule has 64 heavy (non-hydrogen) atoms. The van der Waals surface area contributed by atoms with Gasteiger partial charge in [-0.2, -0.15) is 10.5 Å². The maximum atomic E-state index is 11.2. The van der Waals surface area contributed by atoms with E-state index in [4.69, 9.17) is 4.42 Å². The van der Waals surface area contributed by atoms with Crippen LogP contribution in [0.1, 0.15) is 105 Å². The lowest BCUT2D eigenvalue weighted by Crippen LogP contribution is -2.28. The number of furan rings is 1. The fraction of sp³-hybridized carbons (Fsp3) is 0.167. The second-order valence-corrected chi connectivity index (χ2v) is 19.6. The summed E-state index contributed by atoms with van der Waals surface area (Å²) in [4.78, 5) is 0. The molecule has 0 spiro atoms. The molecule has 0 saturated carbocycles. The van der Waals surface area contributed by atoms with Gasteiger partial charge < -0.3 is 8.82 Å². The molecule has 3 aliphatic carbocycles. The lowest BCUT2D eigenvalue weighted by molar-refractivity contribution is 0.592. The van der Waals surface area contributed by atoms with Gasteiger partial charge in [0, 0.05) is 44.2 Å². The molecular formula is C60H43N3O. The van der Waals surface area contributed by atoms with Crippen LogP contribution in [0.15, 0.2) is 126 Å². The van der Waals surface area contributed by atoms with Crippen LogP contribution in [0.25, 0.3) is 82.3 Å². The van der Waals surface area contributed by atoms with Gasteiger partial charge in [-0.3, -0.25) is 0 Å². The maximum Gasteiger partial charge on any atom is 0.153 e. The van der Waals surface area contributed by atoms with E-state index in [1.54, 1.807) is 0 Å². The van der Waals surface area contributed by atoms with E-state index in [1.807, 2.05) is 6.07 Å². The molecule has 0 radical (unpaired) electrons. The van der Waals surface area contributed by atoms with Crippen LogP contribution in [0, 0.1) is 50.4 Å². The average Bonchev–Trinajstić information content (AvgIpc) is 3.94. The number of aromatic nitrogens is 1. The number of nitriles is 2. The summed E-state index contributed by atoms with van der Waals surface area (Å²) in [6, 6.07) is 49.6. The zero-order valence-corrected chi connectivity index (χ0v) is 37.0. The first-order valence-corrected chi connectivity index (χ1v) is 22.4. The number of fused-ring (bicyclic) bond motifs is 10. The molecular weight excluding hydrogens is 779 g/mol. The first-order valence-electron chi connectivity index (χ1n) is 22.4. The van der Waals surface area contributed by atoms with Crippen LogP contribution in [0.2, 0.25) is 0 Å². The Morgan fingerprint density at radius 3 is 1.61 bits per heavy atom. The Morgan fingerprint density at radius 2 is 1.05 bits per heavy atom. The molecule has 14 rings (SSSR count). The van der Waals surface area contributed by atoms with Crippen LogP contribution in [0.4, 0.5) is 0 Å². The molecule has 3 aromatic heterocycles. The minimum absolute atomic E-state index is 0.0242. The van der Waals surface area contributed by atoms with E-state index in [9.17, 15) is 10.5 Å². The minimum Gasteiger partial charge on any atom is -0.455 e. The highest BCUT2D eigenvalue weighted by Crippen LogP contribution is 2.60. The second-order valence-electron chi connectivity index (χ2n) is 19.6. The van der Waals surface area contributed by atoms with Crippen molar-refractivity contribution in [1.29, 1.82) is 10.5 Å². The highest BCUT2D eigenvalue weighted by Gasteiger charge is 2.44. The molecule has 0 amide bonds. The van der Waals surface area contributed by atoms with E-state index >= 15 is 0 Å². The van der Waals surface area contributed by atoms with E-state index in [0.29, 0.717) is 16.7 Å². The van der Waals surface area contributed by atoms with E-state index in [1.165, 1.54) is 77.5 Å². The molecule has 0 unspecified atom stereocenters. The summed E-state index contributed by atoms with van der Waals surface area (Å²) in [6.07, 6.45) is 0. The largest absolute Gasteiger partial charge is 0.455 e. The Kier molecular flexibility index (Phi) is 7.22. The number of rotatable bonds is 2. The molecule has 0 aliphatic heterocycles. The van der Waals surface area contributed by atoms with Gasteiger partial charge in [0.2, 0.25) is 0 Å². The van der Waals surface area contributed by atoms with Crippen molar-refractivity contribution in [3.63, 3.8) is 0 Å². The fourth-order valence-electron chi connectivity index (χ4n) is 12.4. The van der Waals surface area contributed by atoms with Crippen molar-refractivity contribution < 1.29 is 4.42 Å². The van der Waals surface area contributed by atoms with E-state index in [2.05, 4.69) is 180 Å². The molecule has 3 heterocycles. The normalized spacial score (nSPS) is 15.4. The van der Waals surface area contributed by atoms with Crippen LogP contribution < -0.4 is 0 Å². The minimum atomic E-state index is -0.180. The topological polar surface area (TPSA) is 65.1 Å². The summed E-state index contributed by atoms with van der Waals surface area (Å²) < 4.78 is 9.46. The zero-order valence-electron chi connectivity index (χ0n) is 37.0. The predicted molar refractivity (Wildman–Crippen MR) is 261 cm³/mol. The Hall–Kier alpha value is -7.66. The van der Waals surface area contributed by atoms with Gasteiger partial charge in [-0.05, 0) is 153 Å². The number of nitrogens with zero attached hydrogens (tertiary/aromatic N) is 3. The molecule has 0 atom stereocenters. The van der Waals surface area contributed by atoms with Gasteiger partial charge in [-0.25, -0.2) is 0 Å². The third kappa shape index (κ3) is 4.55. The molecule has 0 N–H and O–H groups in total. The van der Waals surface area contributed by atoms with Crippen molar-refractivity contribution in [2.45, 2.75) is 65.7 Å². The maximum absolute atomic E-state index is 11.2. The highest BCUT2D eigenvalue weighted by molar-refractivity contribution is 6.35. The van der Waals surface area contributed by atoms with Crippen molar-refractivity contribution >= 4 is 60.0 Å². The standard InChI is InChI=1S/C60H43N3O/c1-30-14-12-15-31(2)48(30)34-22-42(49-32(3)16-13-17-33(49)4)55-47(25-34)64-59-36(29-62)24-46-54(57(55)59)44-27-37(60(5,6)7)26-43-53-45(63(46)58(43)44)23-35(28-61)50-51-38-18-8-10-20-40(38)52(56(50)53)41-21-11-9-19-39(41)51/h8-27,51-52H,1-7H3. The smallest absolute Gasteiger partial charge is 0.153 e. The number of hydrogen-bond donors (Lipinski definition) is 0. The molecule has 4 nitrogen and oxygen atoms in total. The van der Waals surface area contributed by atoms with Gasteiger partial charge in [0.25, 0.3) is 0 Å². The first-order chi connectivity index (χ1) is 31.0. The molecule has 11 aromatic rings. The predicted octanol–water partition coefficient (Wildman–Crippen LogP) is 15.3. The Bertz CT molecular complexity index is 3930. The van der Waals surface area contributed by atoms with Crippen molar-refractivity contribution in [2.75, 3.05) is 0 Å². The Morgan fingerprint density at radius 1 is 0.531 bits per heavy atom. The van der Waals surface area contributed by atoms with Gasteiger partial charge >= 0.3 is 0 Å². The zero-order chi connectivity index (χ0) is 43.7. The summed E-state index contributed by atoms with van der Waals surface area (Å²) in [7, 11) is 0. The van der Waals surface area contributed by atoms with Crippen LogP contribution in [0.5, 0.6) is 0 Å². The third-order valence-corrected chi connectivity index (χ3v) is 15.0. The summed E-state index contributed by atoms with van der Waals surface area (Å²) in [6.45, 7) is 15.6. The van der Waals surface area contributed by atoms with Gasteiger partial charge in [0.05, 0.1) is 33.7 Å². The first kappa shape index (κ1) is 36.9. The molecule has 0 fully saturated rings. The quantitative estimate of drug-likeness (QED) is 0.174. The van der Waals surface area contributed by atoms with E-state index in [-0.39, 0.29) is 17.3 Å². The van der Waals surface area contributed by atoms with Gasteiger partial charge in [-0.1, -0.05) is 106 Å². The molecule has 304 valence electrons. The number of benzene rings is 8. The van der Waals surface area contributed by atoms with Crippen molar-refractivity contribution in [2.24, 2.45) is 0 Å². The summed E-state index contributed by atoms with van der Waals surface area (Å²) in [5.74, 6) is -0.0621. The summed E-state index contributed by atoms with van der Waals surface area (Å²) in [5.41, 5.74) is 23.6. The number of aryl methyl sites for hydroxylation is 4. The van der Waals surface area contributed by atoms with Gasteiger partial charge in [-0.15, -0.1) is 0 Å². The number of hydrogen-bond acceptors (Lipinski definition) is 3.